The van der Waals surface area contributed by atoms with Crippen LogP contribution in [0.3, 0.4) is 0 Å². The highest BCUT2D eigenvalue weighted by Crippen LogP contribution is 2.28. The van der Waals surface area contributed by atoms with Crippen molar-refractivity contribution in [3.63, 3.8) is 0 Å². The molecule has 0 unspecified atom stereocenters. The maximum Gasteiger partial charge on any atom is 0.257 e. The zero-order chi connectivity index (χ0) is 22.5. The Kier molecular flexibility index (Phi) is 6.73. The number of nitrogens with zero attached hydrogens (tertiary/aromatic N) is 1. The second-order valence-corrected chi connectivity index (χ2v) is 7.98. The monoisotopic (exact) mass is 449 g/mol. The van der Waals surface area contributed by atoms with E-state index in [9.17, 15) is 9.59 Å². The van der Waals surface area contributed by atoms with Crippen LogP contribution in [-0.2, 0) is 4.74 Å². The first-order chi connectivity index (χ1) is 15.5. The molecule has 0 aliphatic carbocycles. The van der Waals surface area contributed by atoms with Crippen LogP contribution in [0.4, 0.5) is 17.1 Å². The molecule has 7 heteroatoms. The Balaban J connectivity index is 1.63. The van der Waals surface area contributed by atoms with E-state index in [2.05, 4.69) is 15.5 Å². The minimum absolute atomic E-state index is 0.235. The van der Waals surface area contributed by atoms with Gasteiger partial charge in [-0.2, -0.15) is 0 Å². The molecule has 164 valence electrons. The van der Waals surface area contributed by atoms with E-state index in [-0.39, 0.29) is 11.8 Å². The van der Waals surface area contributed by atoms with Crippen molar-refractivity contribution in [3.8, 4) is 0 Å². The number of anilines is 3. The molecule has 2 N–H and O–H groups in total. The van der Waals surface area contributed by atoms with Gasteiger partial charge in [0, 0.05) is 40.7 Å². The third-order valence-electron chi connectivity index (χ3n) is 5.32. The van der Waals surface area contributed by atoms with E-state index >= 15 is 0 Å². The molecule has 1 saturated heterocycles. The summed E-state index contributed by atoms with van der Waals surface area (Å²) in [5.41, 5.74) is 3.89. The number of ether oxygens (including phenoxy) is 1. The average molecular weight is 450 g/mol. The van der Waals surface area contributed by atoms with Gasteiger partial charge >= 0.3 is 0 Å². The number of aryl methyl sites for hydroxylation is 1. The number of amides is 2. The first-order valence-electron chi connectivity index (χ1n) is 10.4. The number of morpholine rings is 1. The molecule has 0 saturated carbocycles. The summed E-state index contributed by atoms with van der Waals surface area (Å²) >= 11 is 6.22. The largest absolute Gasteiger partial charge is 0.378 e. The van der Waals surface area contributed by atoms with Gasteiger partial charge in [-0.05, 0) is 55.0 Å². The first kappa shape index (κ1) is 21.9. The van der Waals surface area contributed by atoms with E-state index < -0.39 is 0 Å². The van der Waals surface area contributed by atoms with E-state index in [0.29, 0.717) is 53.8 Å². The predicted octanol–water partition coefficient (Wildman–Crippen LogP) is 4.99. The van der Waals surface area contributed by atoms with Gasteiger partial charge < -0.3 is 20.3 Å². The van der Waals surface area contributed by atoms with Gasteiger partial charge in [-0.25, -0.2) is 0 Å². The number of halogens is 1. The summed E-state index contributed by atoms with van der Waals surface area (Å²) in [6.07, 6.45) is 0. The third-order valence-corrected chi connectivity index (χ3v) is 5.72. The summed E-state index contributed by atoms with van der Waals surface area (Å²) in [6.45, 7) is 4.48. The SMILES string of the molecule is Cc1ccc(NC(=O)c2cc(NC(=O)c3ccccc3)ccc2N2CCOCC2)cc1Cl. The Morgan fingerprint density at radius 2 is 1.53 bits per heavy atom. The van der Waals surface area contributed by atoms with Gasteiger partial charge in [0.2, 0.25) is 0 Å². The molecule has 0 aromatic heterocycles. The van der Waals surface area contributed by atoms with Crippen molar-refractivity contribution in [2.75, 3.05) is 41.8 Å². The normalized spacial score (nSPS) is 13.5. The smallest absolute Gasteiger partial charge is 0.257 e. The summed E-state index contributed by atoms with van der Waals surface area (Å²) < 4.78 is 5.45. The molecule has 32 heavy (non-hydrogen) atoms. The van der Waals surface area contributed by atoms with Gasteiger partial charge in [-0.15, -0.1) is 0 Å². The van der Waals surface area contributed by atoms with E-state index in [1.165, 1.54) is 0 Å². The number of rotatable bonds is 5. The molecule has 1 aliphatic rings. The number of carbonyl (C=O) groups excluding carboxylic acids is 2. The molecule has 2 amide bonds. The van der Waals surface area contributed by atoms with E-state index in [4.69, 9.17) is 16.3 Å². The summed E-state index contributed by atoms with van der Waals surface area (Å²) in [5, 5.41) is 6.39. The second-order valence-electron chi connectivity index (χ2n) is 7.57. The Hall–Kier alpha value is -3.35. The van der Waals surface area contributed by atoms with Crippen LogP contribution in [0.25, 0.3) is 0 Å². The zero-order valence-electron chi connectivity index (χ0n) is 17.7. The lowest BCUT2D eigenvalue weighted by Crippen LogP contribution is -2.37. The lowest BCUT2D eigenvalue weighted by atomic mass is 10.1. The Bertz CT molecular complexity index is 1130. The number of nitrogens with one attached hydrogen (secondary N) is 2. The summed E-state index contributed by atoms with van der Waals surface area (Å²) in [4.78, 5) is 28.0. The topological polar surface area (TPSA) is 70.7 Å². The maximum atomic E-state index is 13.3. The number of hydrogen-bond acceptors (Lipinski definition) is 4. The van der Waals surface area contributed by atoms with Gasteiger partial charge in [-0.3, -0.25) is 9.59 Å². The molecule has 6 nitrogen and oxygen atoms in total. The van der Waals surface area contributed by atoms with Gasteiger partial charge in [-0.1, -0.05) is 35.9 Å². The van der Waals surface area contributed by atoms with Crippen molar-refractivity contribution in [3.05, 3.63) is 88.4 Å². The number of benzene rings is 3. The van der Waals surface area contributed by atoms with Crippen LogP contribution in [-0.4, -0.2) is 38.1 Å². The fourth-order valence-electron chi connectivity index (χ4n) is 3.54. The molecule has 1 heterocycles. The minimum Gasteiger partial charge on any atom is -0.378 e. The third kappa shape index (κ3) is 5.10. The second kappa shape index (κ2) is 9.85. The summed E-state index contributed by atoms with van der Waals surface area (Å²) in [7, 11) is 0. The molecule has 4 rings (SSSR count). The van der Waals surface area contributed by atoms with Gasteiger partial charge in [0.25, 0.3) is 11.8 Å². The molecule has 0 radical (unpaired) electrons. The average Bonchev–Trinajstić information content (AvgIpc) is 2.82. The van der Waals surface area contributed by atoms with E-state index in [0.717, 1.165) is 11.3 Å². The highest BCUT2D eigenvalue weighted by Gasteiger charge is 2.20. The van der Waals surface area contributed by atoms with Crippen LogP contribution < -0.4 is 15.5 Å². The van der Waals surface area contributed by atoms with Crippen LogP contribution in [0.1, 0.15) is 26.3 Å². The Morgan fingerprint density at radius 1 is 0.875 bits per heavy atom. The zero-order valence-corrected chi connectivity index (χ0v) is 18.5. The lowest BCUT2D eigenvalue weighted by Gasteiger charge is -2.30. The molecule has 0 atom stereocenters. The van der Waals surface area contributed by atoms with Crippen molar-refractivity contribution >= 4 is 40.5 Å². The number of carbonyl (C=O) groups is 2. The fourth-order valence-corrected chi connectivity index (χ4v) is 3.72. The summed E-state index contributed by atoms with van der Waals surface area (Å²) in [5.74, 6) is -0.511. The van der Waals surface area contributed by atoms with Crippen molar-refractivity contribution in [2.45, 2.75) is 6.92 Å². The fraction of sp³-hybridized carbons (Fsp3) is 0.200. The highest BCUT2D eigenvalue weighted by molar-refractivity contribution is 6.31. The predicted molar refractivity (Wildman–Crippen MR) is 128 cm³/mol. The summed E-state index contributed by atoms with van der Waals surface area (Å²) in [6, 6.07) is 19.7. The molecular formula is C25H24ClN3O3. The van der Waals surface area contributed by atoms with Gasteiger partial charge in [0.1, 0.15) is 0 Å². The Morgan fingerprint density at radius 3 is 2.25 bits per heavy atom. The quantitative estimate of drug-likeness (QED) is 0.575. The van der Waals surface area contributed by atoms with E-state index in [1.54, 1.807) is 24.3 Å². The van der Waals surface area contributed by atoms with Crippen LogP contribution in [0.2, 0.25) is 5.02 Å². The Labute approximate surface area is 192 Å². The minimum atomic E-state index is -0.276. The number of hydrogen-bond donors (Lipinski definition) is 2. The van der Waals surface area contributed by atoms with Crippen molar-refractivity contribution in [2.24, 2.45) is 0 Å². The molecule has 0 spiro atoms. The standard InChI is InChI=1S/C25H24ClN3O3/c1-17-7-8-20(16-22(17)26)28-25(31)21-15-19(27-24(30)18-5-3-2-4-6-18)9-10-23(21)29-11-13-32-14-12-29/h2-10,15-16H,11-14H2,1H3,(H,27,30)(H,28,31). The molecule has 0 bridgehead atoms. The molecule has 1 aliphatic heterocycles. The van der Waals surface area contributed by atoms with Gasteiger partial charge in [0.05, 0.1) is 18.8 Å². The van der Waals surface area contributed by atoms with Crippen molar-refractivity contribution in [1.82, 2.24) is 0 Å². The highest BCUT2D eigenvalue weighted by atomic mass is 35.5. The van der Waals surface area contributed by atoms with E-state index in [1.807, 2.05) is 49.4 Å². The van der Waals surface area contributed by atoms with Crippen LogP contribution in [0.15, 0.2) is 66.7 Å². The van der Waals surface area contributed by atoms with Crippen molar-refractivity contribution in [1.29, 1.82) is 0 Å². The molecule has 3 aromatic carbocycles. The lowest BCUT2D eigenvalue weighted by molar-refractivity contribution is 0.101. The van der Waals surface area contributed by atoms with Crippen LogP contribution in [0, 0.1) is 6.92 Å². The molecule has 3 aromatic rings. The van der Waals surface area contributed by atoms with Crippen LogP contribution in [0.5, 0.6) is 0 Å². The maximum absolute atomic E-state index is 13.3. The van der Waals surface area contributed by atoms with Crippen molar-refractivity contribution < 1.29 is 14.3 Å². The van der Waals surface area contributed by atoms with Crippen LogP contribution >= 0.6 is 11.6 Å². The molecule has 1 fully saturated rings. The van der Waals surface area contributed by atoms with Gasteiger partial charge in [0.15, 0.2) is 0 Å². The first-order valence-corrected chi connectivity index (χ1v) is 10.8. The molecular weight excluding hydrogens is 426 g/mol.